The third-order valence-electron chi connectivity index (χ3n) is 4.16. The third kappa shape index (κ3) is 6.16. The summed E-state index contributed by atoms with van der Waals surface area (Å²) in [4.78, 5) is 14.2. The lowest BCUT2D eigenvalue weighted by Gasteiger charge is -2.27. The van der Waals surface area contributed by atoms with E-state index in [-0.39, 0.29) is 24.9 Å². The Balaban J connectivity index is 0.00000312. The number of nitrogens with two attached hydrogens (primary N) is 1. The van der Waals surface area contributed by atoms with E-state index < -0.39 is 12.1 Å². The predicted octanol–water partition coefficient (Wildman–Crippen LogP) is 2.87. The summed E-state index contributed by atoms with van der Waals surface area (Å²) in [6.07, 6.45) is -0.213. The number of aryl methyl sites for hydroxylation is 1. The van der Waals surface area contributed by atoms with Crippen LogP contribution < -0.4 is 5.73 Å². The molecule has 0 aliphatic heterocycles. The van der Waals surface area contributed by atoms with Gasteiger partial charge in [0.05, 0.1) is 18.7 Å². The van der Waals surface area contributed by atoms with E-state index in [1.165, 1.54) is 0 Å². The van der Waals surface area contributed by atoms with Crippen LogP contribution in [0.1, 0.15) is 29.7 Å². The van der Waals surface area contributed by atoms with Gasteiger partial charge in [0.15, 0.2) is 0 Å². The maximum atomic E-state index is 12.6. The van der Waals surface area contributed by atoms with Crippen LogP contribution in [-0.2, 0) is 11.2 Å². The summed E-state index contributed by atoms with van der Waals surface area (Å²) in [6.45, 7) is 4.67. The fraction of sp³-hybridized carbons (Fsp3) is 0.350. The van der Waals surface area contributed by atoms with Crippen LogP contribution in [0.5, 0.6) is 0 Å². The lowest BCUT2D eigenvalue weighted by molar-refractivity contribution is -0.133. The van der Waals surface area contributed by atoms with Crippen molar-refractivity contribution in [2.24, 2.45) is 5.73 Å². The Morgan fingerprint density at radius 2 is 1.72 bits per heavy atom. The van der Waals surface area contributed by atoms with Gasteiger partial charge in [-0.3, -0.25) is 4.79 Å². The van der Waals surface area contributed by atoms with Crippen molar-refractivity contribution in [3.8, 4) is 0 Å². The zero-order valence-corrected chi connectivity index (χ0v) is 15.6. The summed E-state index contributed by atoms with van der Waals surface area (Å²) in [6, 6.07) is 16.8. The molecule has 0 fully saturated rings. The molecule has 2 rings (SSSR count). The largest absolute Gasteiger partial charge is 0.387 e. The number of carbonyl (C=O) groups excluding carboxylic acids is 1. The van der Waals surface area contributed by atoms with E-state index in [9.17, 15) is 9.90 Å². The first-order valence-electron chi connectivity index (χ1n) is 8.34. The summed E-state index contributed by atoms with van der Waals surface area (Å²) in [7, 11) is 0. The number of aliphatic hydroxyl groups is 1. The van der Waals surface area contributed by atoms with Crippen LogP contribution in [0.25, 0.3) is 0 Å². The van der Waals surface area contributed by atoms with Gasteiger partial charge in [-0.25, -0.2) is 0 Å². The molecular formula is C20H27ClN2O2. The summed E-state index contributed by atoms with van der Waals surface area (Å²) < 4.78 is 0. The standard InChI is InChI=1S/C20H26N2O2.ClH/c1-3-22(14-19(23)17-11-9-15(2)10-12-17)20(24)18(21)13-16-7-5-4-6-8-16;/h4-12,18-19,23H,3,13-14,21H2,1-2H3;1H/t18-,19?;/m0./s1. The fourth-order valence-corrected chi connectivity index (χ4v) is 2.67. The molecule has 0 aromatic heterocycles. The molecule has 136 valence electrons. The van der Waals surface area contributed by atoms with E-state index in [0.29, 0.717) is 13.0 Å². The van der Waals surface area contributed by atoms with Gasteiger partial charge in [0, 0.05) is 6.54 Å². The second-order valence-corrected chi connectivity index (χ2v) is 6.10. The van der Waals surface area contributed by atoms with Crippen molar-refractivity contribution in [1.29, 1.82) is 0 Å². The third-order valence-corrected chi connectivity index (χ3v) is 4.16. The van der Waals surface area contributed by atoms with Crippen molar-refractivity contribution >= 4 is 18.3 Å². The molecule has 25 heavy (non-hydrogen) atoms. The summed E-state index contributed by atoms with van der Waals surface area (Å²) in [5.41, 5.74) is 9.07. The maximum absolute atomic E-state index is 12.6. The number of rotatable bonds is 7. The topological polar surface area (TPSA) is 66.6 Å². The Morgan fingerprint density at radius 1 is 1.12 bits per heavy atom. The number of likely N-dealkylation sites (N-methyl/N-ethyl adjacent to an activating group) is 1. The van der Waals surface area contributed by atoms with Crippen LogP contribution in [0.15, 0.2) is 54.6 Å². The molecule has 0 aliphatic rings. The van der Waals surface area contributed by atoms with Gasteiger partial charge < -0.3 is 15.7 Å². The van der Waals surface area contributed by atoms with Gasteiger partial charge in [-0.05, 0) is 31.4 Å². The number of nitrogens with zero attached hydrogens (tertiary/aromatic N) is 1. The lowest BCUT2D eigenvalue weighted by Crippen LogP contribution is -2.46. The Kier molecular flexibility index (Phi) is 8.62. The number of aliphatic hydroxyl groups excluding tert-OH is 1. The Hall–Kier alpha value is -1.88. The molecule has 3 N–H and O–H groups in total. The molecule has 2 aromatic rings. The normalized spacial score (nSPS) is 12.8. The monoisotopic (exact) mass is 362 g/mol. The Labute approximate surface area is 156 Å². The predicted molar refractivity (Wildman–Crippen MR) is 104 cm³/mol. The molecule has 0 heterocycles. The van der Waals surface area contributed by atoms with Gasteiger partial charge >= 0.3 is 0 Å². The first-order chi connectivity index (χ1) is 11.5. The molecule has 1 unspecified atom stereocenters. The summed E-state index contributed by atoms with van der Waals surface area (Å²) in [5.74, 6) is -0.132. The molecule has 2 aromatic carbocycles. The van der Waals surface area contributed by atoms with Gasteiger partial charge in [0.1, 0.15) is 0 Å². The number of halogens is 1. The van der Waals surface area contributed by atoms with Crippen LogP contribution in [0, 0.1) is 6.92 Å². The van der Waals surface area contributed by atoms with E-state index in [1.54, 1.807) is 4.90 Å². The van der Waals surface area contributed by atoms with Crippen molar-refractivity contribution in [1.82, 2.24) is 4.90 Å². The first-order valence-corrected chi connectivity index (χ1v) is 8.34. The average Bonchev–Trinajstić information content (AvgIpc) is 2.60. The average molecular weight is 363 g/mol. The Morgan fingerprint density at radius 3 is 2.28 bits per heavy atom. The first kappa shape index (κ1) is 21.2. The zero-order chi connectivity index (χ0) is 17.5. The van der Waals surface area contributed by atoms with E-state index in [1.807, 2.05) is 68.4 Å². The highest BCUT2D eigenvalue weighted by Gasteiger charge is 2.22. The van der Waals surface area contributed by atoms with Crippen molar-refractivity contribution in [3.05, 3.63) is 71.3 Å². The number of hydrogen-bond donors (Lipinski definition) is 2. The molecule has 0 saturated carbocycles. The molecule has 0 bridgehead atoms. The molecule has 5 heteroatoms. The van der Waals surface area contributed by atoms with Crippen LogP contribution >= 0.6 is 12.4 Å². The second-order valence-electron chi connectivity index (χ2n) is 6.10. The molecule has 0 radical (unpaired) electrons. The highest BCUT2D eigenvalue weighted by atomic mass is 35.5. The minimum absolute atomic E-state index is 0. The van der Waals surface area contributed by atoms with Crippen molar-refractivity contribution in [2.45, 2.75) is 32.4 Å². The maximum Gasteiger partial charge on any atom is 0.239 e. The molecular weight excluding hydrogens is 336 g/mol. The van der Waals surface area contributed by atoms with Gasteiger partial charge in [-0.15, -0.1) is 12.4 Å². The highest BCUT2D eigenvalue weighted by Crippen LogP contribution is 2.16. The SMILES string of the molecule is CCN(CC(O)c1ccc(C)cc1)C(=O)[C@@H](N)Cc1ccccc1.Cl. The number of carbonyl (C=O) groups is 1. The molecule has 0 spiro atoms. The van der Waals surface area contributed by atoms with Gasteiger partial charge in [-0.2, -0.15) is 0 Å². The van der Waals surface area contributed by atoms with Crippen LogP contribution in [0.4, 0.5) is 0 Å². The van der Waals surface area contributed by atoms with Gasteiger partial charge in [0.25, 0.3) is 0 Å². The number of hydrogen-bond acceptors (Lipinski definition) is 3. The quantitative estimate of drug-likeness (QED) is 0.795. The van der Waals surface area contributed by atoms with Gasteiger partial charge in [0.2, 0.25) is 5.91 Å². The fourth-order valence-electron chi connectivity index (χ4n) is 2.67. The Bertz CT molecular complexity index is 647. The van der Waals surface area contributed by atoms with Crippen molar-refractivity contribution in [2.75, 3.05) is 13.1 Å². The number of amides is 1. The number of benzene rings is 2. The minimum Gasteiger partial charge on any atom is -0.387 e. The summed E-state index contributed by atoms with van der Waals surface area (Å²) >= 11 is 0. The summed E-state index contributed by atoms with van der Waals surface area (Å²) in [5, 5.41) is 10.4. The molecule has 1 amide bonds. The zero-order valence-electron chi connectivity index (χ0n) is 14.8. The van der Waals surface area contributed by atoms with E-state index >= 15 is 0 Å². The van der Waals surface area contributed by atoms with E-state index in [0.717, 1.165) is 16.7 Å². The van der Waals surface area contributed by atoms with E-state index in [4.69, 9.17) is 5.73 Å². The molecule has 0 aliphatic carbocycles. The highest BCUT2D eigenvalue weighted by molar-refractivity contribution is 5.85. The van der Waals surface area contributed by atoms with E-state index in [2.05, 4.69) is 0 Å². The van der Waals surface area contributed by atoms with Crippen LogP contribution in [-0.4, -0.2) is 35.0 Å². The minimum atomic E-state index is -0.710. The molecule has 2 atom stereocenters. The van der Waals surface area contributed by atoms with Crippen LogP contribution in [0.3, 0.4) is 0 Å². The van der Waals surface area contributed by atoms with Crippen molar-refractivity contribution in [3.63, 3.8) is 0 Å². The lowest BCUT2D eigenvalue weighted by atomic mass is 10.0. The van der Waals surface area contributed by atoms with Crippen molar-refractivity contribution < 1.29 is 9.90 Å². The molecule has 4 nitrogen and oxygen atoms in total. The molecule has 0 saturated heterocycles. The smallest absolute Gasteiger partial charge is 0.239 e. The van der Waals surface area contributed by atoms with Gasteiger partial charge in [-0.1, -0.05) is 60.2 Å². The second kappa shape index (κ2) is 10.2. The van der Waals surface area contributed by atoms with Crippen LogP contribution in [0.2, 0.25) is 0 Å².